The van der Waals surface area contributed by atoms with Gasteiger partial charge in [-0.15, -0.1) is 0 Å². The summed E-state index contributed by atoms with van der Waals surface area (Å²) in [7, 11) is 1.96. The average molecular weight is 357 g/mol. The molecule has 26 heavy (non-hydrogen) atoms. The largest absolute Gasteiger partial charge is 0.356 e. The first-order valence-electron chi connectivity index (χ1n) is 9.30. The van der Waals surface area contributed by atoms with Crippen LogP contribution in [-0.4, -0.2) is 34.1 Å². The van der Waals surface area contributed by atoms with Crippen LogP contribution in [0.15, 0.2) is 18.2 Å². The van der Waals surface area contributed by atoms with Crippen molar-refractivity contribution in [3.63, 3.8) is 0 Å². The number of urea groups is 1. The van der Waals surface area contributed by atoms with Crippen molar-refractivity contribution in [1.29, 1.82) is 0 Å². The number of hydrogen-bond donors (Lipinski definition) is 3. The summed E-state index contributed by atoms with van der Waals surface area (Å²) in [5.41, 5.74) is 2.57. The van der Waals surface area contributed by atoms with Crippen LogP contribution in [0.25, 0.3) is 11.0 Å². The van der Waals surface area contributed by atoms with Gasteiger partial charge in [-0.25, -0.2) is 9.78 Å². The number of aryl methyl sites for hydroxylation is 1. The van der Waals surface area contributed by atoms with E-state index in [1.54, 1.807) is 0 Å². The molecule has 1 aromatic heterocycles. The minimum Gasteiger partial charge on any atom is -0.356 e. The van der Waals surface area contributed by atoms with Gasteiger partial charge >= 0.3 is 6.03 Å². The molecule has 1 heterocycles. The van der Waals surface area contributed by atoms with Crippen molar-refractivity contribution in [1.82, 2.24) is 20.2 Å². The molecular weight excluding hydrogens is 330 g/mol. The second-order valence-electron chi connectivity index (χ2n) is 6.96. The molecule has 3 amide bonds. The van der Waals surface area contributed by atoms with Gasteiger partial charge in [-0.3, -0.25) is 4.79 Å². The van der Waals surface area contributed by atoms with Gasteiger partial charge in [0.2, 0.25) is 5.91 Å². The summed E-state index contributed by atoms with van der Waals surface area (Å²) in [5.74, 6) is 0.858. The molecule has 7 nitrogen and oxygen atoms in total. The van der Waals surface area contributed by atoms with Gasteiger partial charge in [-0.1, -0.05) is 19.3 Å². The molecule has 1 fully saturated rings. The zero-order chi connectivity index (χ0) is 18.5. The second kappa shape index (κ2) is 8.21. The number of carbonyl (C=O) groups excluding carboxylic acids is 2. The van der Waals surface area contributed by atoms with E-state index in [9.17, 15) is 9.59 Å². The third kappa shape index (κ3) is 4.53. The van der Waals surface area contributed by atoms with Crippen molar-refractivity contribution in [2.45, 2.75) is 51.5 Å². The summed E-state index contributed by atoms with van der Waals surface area (Å²) >= 11 is 0. The highest BCUT2D eigenvalue weighted by Crippen LogP contribution is 2.21. The fraction of sp³-hybridized carbons (Fsp3) is 0.526. The van der Waals surface area contributed by atoms with E-state index in [4.69, 9.17) is 0 Å². The average Bonchev–Trinajstić information content (AvgIpc) is 2.91. The molecular formula is C19H27N5O2. The van der Waals surface area contributed by atoms with Crippen LogP contribution in [0.2, 0.25) is 0 Å². The zero-order valence-electron chi connectivity index (χ0n) is 15.5. The van der Waals surface area contributed by atoms with Crippen molar-refractivity contribution in [2.24, 2.45) is 7.05 Å². The maximum atomic E-state index is 12.2. The van der Waals surface area contributed by atoms with E-state index in [1.807, 2.05) is 29.8 Å². The van der Waals surface area contributed by atoms with Gasteiger partial charge in [0.25, 0.3) is 0 Å². The number of benzene rings is 1. The maximum absolute atomic E-state index is 12.2. The molecule has 0 bridgehead atoms. The molecule has 1 aliphatic rings. The number of rotatable bonds is 5. The summed E-state index contributed by atoms with van der Waals surface area (Å²) < 4.78 is 2.02. The Morgan fingerprint density at radius 1 is 1.23 bits per heavy atom. The Labute approximate surface area is 153 Å². The van der Waals surface area contributed by atoms with Gasteiger partial charge in [-0.05, 0) is 31.0 Å². The maximum Gasteiger partial charge on any atom is 0.319 e. The smallest absolute Gasteiger partial charge is 0.319 e. The summed E-state index contributed by atoms with van der Waals surface area (Å²) in [5, 5.41) is 8.75. The highest BCUT2D eigenvalue weighted by atomic mass is 16.2. The standard InChI is InChI=1S/C19H27N5O2/c1-13(25)20-11-10-18-23-16-12-15(8-9-17(16)24(18)2)22-19(26)21-14-6-4-3-5-7-14/h8-9,12,14H,3-7,10-11H2,1-2H3,(H,20,25)(H2,21,22,26). The van der Waals surface area contributed by atoms with E-state index >= 15 is 0 Å². The summed E-state index contributed by atoms with van der Waals surface area (Å²) in [6.45, 7) is 2.06. The molecule has 1 aliphatic carbocycles. The number of nitrogens with zero attached hydrogens (tertiary/aromatic N) is 2. The number of nitrogens with one attached hydrogen (secondary N) is 3. The van der Waals surface area contributed by atoms with E-state index in [1.165, 1.54) is 26.2 Å². The first-order chi connectivity index (χ1) is 12.5. The molecule has 3 rings (SSSR count). The predicted molar refractivity (Wildman–Crippen MR) is 102 cm³/mol. The van der Waals surface area contributed by atoms with Crippen molar-refractivity contribution in [2.75, 3.05) is 11.9 Å². The number of amides is 3. The number of fused-ring (bicyclic) bond motifs is 1. The molecule has 2 aromatic rings. The highest BCUT2D eigenvalue weighted by molar-refractivity contribution is 5.92. The van der Waals surface area contributed by atoms with Gasteiger partial charge in [0.15, 0.2) is 0 Å². The Morgan fingerprint density at radius 2 is 2.00 bits per heavy atom. The minimum absolute atomic E-state index is 0.0424. The lowest BCUT2D eigenvalue weighted by Crippen LogP contribution is -2.38. The van der Waals surface area contributed by atoms with Crippen LogP contribution in [0.5, 0.6) is 0 Å². The predicted octanol–water partition coefficient (Wildman–Crippen LogP) is 2.71. The normalized spacial score (nSPS) is 15.0. The van der Waals surface area contributed by atoms with Gasteiger partial charge < -0.3 is 20.5 Å². The van der Waals surface area contributed by atoms with Gasteiger partial charge in [0.1, 0.15) is 5.82 Å². The van der Waals surface area contributed by atoms with E-state index in [0.717, 1.165) is 35.4 Å². The van der Waals surface area contributed by atoms with Crippen LogP contribution in [0, 0.1) is 0 Å². The van der Waals surface area contributed by atoms with Crippen molar-refractivity contribution in [3.05, 3.63) is 24.0 Å². The van der Waals surface area contributed by atoms with Crippen LogP contribution >= 0.6 is 0 Å². The van der Waals surface area contributed by atoms with E-state index in [-0.39, 0.29) is 18.0 Å². The fourth-order valence-corrected chi connectivity index (χ4v) is 3.50. The quantitative estimate of drug-likeness (QED) is 0.769. The summed E-state index contributed by atoms with van der Waals surface area (Å²) in [6, 6.07) is 5.86. The lowest BCUT2D eigenvalue weighted by molar-refractivity contribution is -0.118. The highest BCUT2D eigenvalue weighted by Gasteiger charge is 2.16. The molecule has 0 atom stereocenters. The molecule has 3 N–H and O–H groups in total. The second-order valence-corrected chi connectivity index (χ2v) is 6.96. The molecule has 0 spiro atoms. The van der Waals surface area contributed by atoms with Crippen LogP contribution in [0.4, 0.5) is 10.5 Å². The Kier molecular flexibility index (Phi) is 5.75. The third-order valence-electron chi connectivity index (χ3n) is 4.89. The molecule has 1 saturated carbocycles. The first-order valence-corrected chi connectivity index (χ1v) is 9.30. The van der Waals surface area contributed by atoms with Crippen LogP contribution in [-0.2, 0) is 18.3 Å². The third-order valence-corrected chi connectivity index (χ3v) is 4.89. The van der Waals surface area contributed by atoms with Crippen LogP contribution in [0.1, 0.15) is 44.9 Å². The van der Waals surface area contributed by atoms with Gasteiger partial charge in [-0.2, -0.15) is 0 Å². The summed E-state index contributed by atoms with van der Waals surface area (Å²) in [4.78, 5) is 27.8. The monoisotopic (exact) mass is 357 g/mol. The Balaban J connectivity index is 1.64. The Bertz CT molecular complexity index is 793. The topological polar surface area (TPSA) is 88.1 Å². The van der Waals surface area contributed by atoms with E-state index in [2.05, 4.69) is 20.9 Å². The lowest BCUT2D eigenvalue weighted by Gasteiger charge is -2.22. The lowest BCUT2D eigenvalue weighted by atomic mass is 9.96. The van der Waals surface area contributed by atoms with Gasteiger partial charge in [0, 0.05) is 38.7 Å². The van der Waals surface area contributed by atoms with Crippen LogP contribution < -0.4 is 16.0 Å². The number of carbonyl (C=O) groups is 2. The number of hydrogen-bond acceptors (Lipinski definition) is 3. The van der Waals surface area contributed by atoms with Crippen molar-refractivity contribution >= 4 is 28.7 Å². The molecule has 1 aromatic carbocycles. The number of anilines is 1. The fourth-order valence-electron chi connectivity index (χ4n) is 3.50. The number of imidazole rings is 1. The molecule has 0 unspecified atom stereocenters. The first kappa shape index (κ1) is 18.2. The van der Waals surface area contributed by atoms with E-state index in [0.29, 0.717) is 13.0 Å². The Morgan fingerprint density at radius 3 is 2.73 bits per heavy atom. The zero-order valence-corrected chi connectivity index (χ0v) is 15.5. The molecule has 7 heteroatoms. The van der Waals surface area contributed by atoms with Gasteiger partial charge in [0.05, 0.1) is 11.0 Å². The molecule has 140 valence electrons. The van der Waals surface area contributed by atoms with E-state index < -0.39 is 0 Å². The minimum atomic E-state index is -0.155. The van der Waals surface area contributed by atoms with Crippen molar-refractivity contribution in [3.8, 4) is 0 Å². The van der Waals surface area contributed by atoms with Crippen molar-refractivity contribution < 1.29 is 9.59 Å². The summed E-state index contributed by atoms with van der Waals surface area (Å²) in [6.07, 6.45) is 6.42. The molecule has 0 radical (unpaired) electrons. The number of aromatic nitrogens is 2. The molecule has 0 aliphatic heterocycles. The van der Waals surface area contributed by atoms with Crippen LogP contribution in [0.3, 0.4) is 0 Å². The Hall–Kier alpha value is -2.57. The SMILES string of the molecule is CC(=O)NCCc1nc2cc(NC(=O)NC3CCCCC3)ccc2n1C. The molecule has 0 saturated heterocycles.